The Morgan fingerprint density at radius 1 is 0.696 bits per heavy atom. The van der Waals surface area contributed by atoms with Gasteiger partial charge in [-0.15, -0.1) is 0 Å². The fraction of sp³-hybridized carbons (Fsp3) is 0. The fourth-order valence-corrected chi connectivity index (χ4v) is 3.86. The number of hydrogen-bond acceptors (Lipinski definition) is 10. The van der Waals surface area contributed by atoms with Crippen molar-refractivity contribution in [2.45, 2.75) is 14.7 Å². The first kappa shape index (κ1) is 17.6. The normalized spacial score (nSPS) is 13.3. The lowest BCUT2D eigenvalue weighted by molar-refractivity contribution is 0.460. The molecule has 0 amide bonds. The molecule has 0 aliphatic heterocycles. The molecule has 0 radical (unpaired) electrons. The molecule has 0 spiro atoms. The van der Waals surface area contributed by atoms with E-state index in [-0.39, 0.29) is 0 Å². The van der Waals surface area contributed by atoms with E-state index in [9.17, 15) is 38.9 Å². The van der Waals surface area contributed by atoms with Crippen LogP contribution in [0.3, 0.4) is 0 Å². The lowest BCUT2D eigenvalue weighted by Gasteiger charge is -2.17. The molecule has 0 saturated heterocycles. The van der Waals surface area contributed by atoms with Crippen LogP contribution >= 0.6 is 0 Å². The third-order valence-electron chi connectivity index (χ3n) is 2.85. The summed E-state index contributed by atoms with van der Waals surface area (Å²) in [5.74, 6) is 0. The molecule has 0 fully saturated rings. The molecule has 2 N–H and O–H groups in total. The Labute approximate surface area is 130 Å². The molecule has 10 nitrogen and oxygen atoms in total. The number of nitrogen functional groups attached to an aromatic ring is 1. The minimum absolute atomic E-state index is 0.345. The van der Waals surface area contributed by atoms with Crippen molar-refractivity contribution < 1.29 is 38.9 Å². The van der Waals surface area contributed by atoms with Crippen LogP contribution in [0.1, 0.15) is 0 Å². The van der Waals surface area contributed by atoms with Crippen molar-refractivity contribution in [2.24, 2.45) is 0 Å². The SMILES string of the molecule is Nc1cc2c(S(=O)(=O)[O-])cc(S(=O)(=O)[O-])cc2cc1S(=O)(=O)[O-]. The van der Waals surface area contributed by atoms with Gasteiger partial charge in [-0.3, -0.25) is 0 Å². The summed E-state index contributed by atoms with van der Waals surface area (Å²) >= 11 is 0. The molecular formula is C10H6NO9S3-3. The van der Waals surface area contributed by atoms with Gasteiger partial charge in [0.05, 0.1) is 14.7 Å². The number of rotatable bonds is 3. The Bertz CT molecular complexity index is 1130. The summed E-state index contributed by atoms with van der Waals surface area (Å²) in [6.45, 7) is 0. The topological polar surface area (TPSA) is 198 Å². The molecule has 2 aromatic carbocycles. The molecule has 0 unspecified atom stereocenters. The zero-order chi connectivity index (χ0) is 17.8. The highest BCUT2D eigenvalue weighted by atomic mass is 32.2. The second-order valence-corrected chi connectivity index (χ2v) is 8.47. The highest BCUT2D eigenvalue weighted by molar-refractivity contribution is 7.87. The van der Waals surface area contributed by atoms with E-state index in [1.165, 1.54) is 0 Å². The zero-order valence-corrected chi connectivity index (χ0v) is 13.2. The minimum Gasteiger partial charge on any atom is -0.744 e. The van der Waals surface area contributed by atoms with Gasteiger partial charge in [0, 0.05) is 11.1 Å². The molecule has 0 heterocycles. The van der Waals surface area contributed by atoms with Gasteiger partial charge >= 0.3 is 0 Å². The Morgan fingerprint density at radius 3 is 1.65 bits per heavy atom. The average Bonchev–Trinajstić information content (AvgIpc) is 2.32. The van der Waals surface area contributed by atoms with Crippen molar-refractivity contribution in [3.63, 3.8) is 0 Å². The summed E-state index contributed by atoms with van der Waals surface area (Å²) in [7, 11) is -15.4. The van der Waals surface area contributed by atoms with Crippen molar-refractivity contribution in [1.29, 1.82) is 0 Å². The third-order valence-corrected chi connectivity index (χ3v) is 5.43. The summed E-state index contributed by atoms with van der Waals surface area (Å²) in [5.41, 5.74) is 4.72. The van der Waals surface area contributed by atoms with Gasteiger partial charge in [-0.05, 0) is 29.7 Å². The van der Waals surface area contributed by atoms with E-state index in [1.54, 1.807) is 0 Å². The summed E-state index contributed by atoms with van der Waals surface area (Å²) in [5, 5.41) is -0.850. The predicted molar refractivity (Wildman–Crippen MR) is 72.3 cm³/mol. The molecule has 126 valence electrons. The molecule has 0 aliphatic carbocycles. The number of anilines is 1. The Balaban J connectivity index is 3.10. The molecule has 0 saturated carbocycles. The van der Waals surface area contributed by atoms with Gasteiger partial charge in [-0.1, -0.05) is 0 Å². The van der Waals surface area contributed by atoms with Gasteiger partial charge in [-0.25, -0.2) is 25.3 Å². The largest absolute Gasteiger partial charge is 0.744 e. The van der Waals surface area contributed by atoms with E-state index in [0.717, 1.165) is 6.07 Å². The molecule has 2 rings (SSSR count). The van der Waals surface area contributed by atoms with Gasteiger partial charge in [0.25, 0.3) is 0 Å². The second kappa shape index (κ2) is 5.12. The molecule has 2 aromatic rings. The molecule has 0 aliphatic rings. The fourth-order valence-electron chi connectivity index (χ4n) is 1.91. The molecular weight excluding hydrogens is 374 g/mol. The van der Waals surface area contributed by atoms with Crippen molar-refractivity contribution >= 4 is 46.8 Å². The first-order valence-electron chi connectivity index (χ1n) is 5.46. The summed E-state index contributed by atoms with van der Waals surface area (Å²) < 4.78 is 100. The molecule has 0 aromatic heterocycles. The van der Waals surface area contributed by atoms with Gasteiger partial charge in [0.2, 0.25) is 0 Å². The van der Waals surface area contributed by atoms with Crippen LogP contribution in [0.15, 0.2) is 39.0 Å². The van der Waals surface area contributed by atoms with E-state index in [0.29, 0.717) is 18.2 Å². The van der Waals surface area contributed by atoms with E-state index in [2.05, 4.69) is 0 Å². The Hall–Kier alpha value is -1.77. The minimum atomic E-state index is -5.21. The van der Waals surface area contributed by atoms with Crippen molar-refractivity contribution in [2.75, 3.05) is 5.73 Å². The van der Waals surface area contributed by atoms with E-state index < -0.39 is 61.5 Å². The van der Waals surface area contributed by atoms with Crippen LogP contribution in [0.2, 0.25) is 0 Å². The maximum atomic E-state index is 11.2. The van der Waals surface area contributed by atoms with Crippen LogP contribution in [-0.4, -0.2) is 38.9 Å². The van der Waals surface area contributed by atoms with Crippen LogP contribution in [-0.2, 0) is 30.4 Å². The van der Waals surface area contributed by atoms with E-state index >= 15 is 0 Å². The first-order chi connectivity index (χ1) is 10.2. The lowest BCUT2D eigenvalue weighted by atomic mass is 10.1. The Morgan fingerprint density at radius 2 is 1.22 bits per heavy atom. The number of hydrogen-bond donors (Lipinski definition) is 1. The van der Waals surface area contributed by atoms with E-state index in [4.69, 9.17) is 5.73 Å². The highest BCUT2D eigenvalue weighted by Gasteiger charge is 2.16. The molecule has 13 heteroatoms. The van der Waals surface area contributed by atoms with Crippen LogP contribution in [0, 0.1) is 0 Å². The van der Waals surface area contributed by atoms with Crippen molar-refractivity contribution in [1.82, 2.24) is 0 Å². The summed E-state index contributed by atoms with van der Waals surface area (Å²) in [4.78, 5) is -3.09. The van der Waals surface area contributed by atoms with Gasteiger partial charge in [-0.2, -0.15) is 0 Å². The average molecular weight is 380 g/mol. The molecule has 0 atom stereocenters. The number of fused-ring (bicyclic) bond motifs is 1. The zero-order valence-electron chi connectivity index (χ0n) is 10.8. The molecule has 0 bridgehead atoms. The quantitative estimate of drug-likeness (QED) is 0.516. The van der Waals surface area contributed by atoms with Crippen LogP contribution < -0.4 is 5.73 Å². The maximum absolute atomic E-state index is 11.2. The smallest absolute Gasteiger partial charge is 0.126 e. The summed E-state index contributed by atoms with van der Waals surface area (Å²) in [6, 6.07) is 2.31. The first-order valence-corrected chi connectivity index (χ1v) is 9.69. The van der Waals surface area contributed by atoms with Gasteiger partial charge in [0.15, 0.2) is 0 Å². The lowest BCUT2D eigenvalue weighted by Crippen LogP contribution is -2.07. The second-order valence-electron chi connectivity index (χ2n) is 4.39. The van der Waals surface area contributed by atoms with Gasteiger partial charge < -0.3 is 19.4 Å². The standard InChI is InChI=1S/C10H9NO9S3/c11-8-4-7-5(2-10(8)23(18,19)20)1-6(21(12,13)14)3-9(7)22(15,16)17/h1-4H,11H2,(H,12,13,14)(H,15,16,17)(H,18,19,20)/p-3. The van der Waals surface area contributed by atoms with Crippen LogP contribution in [0.4, 0.5) is 5.69 Å². The van der Waals surface area contributed by atoms with Crippen LogP contribution in [0.5, 0.6) is 0 Å². The molecule has 23 heavy (non-hydrogen) atoms. The van der Waals surface area contributed by atoms with Crippen molar-refractivity contribution in [3.8, 4) is 0 Å². The Kier molecular flexibility index (Phi) is 3.91. The predicted octanol–water partition coefficient (Wildman–Crippen LogP) is -0.866. The maximum Gasteiger partial charge on any atom is 0.126 e. The monoisotopic (exact) mass is 380 g/mol. The number of benzene rings is 2. The van der Waals surface area contributed by atoms with Gasteiger partial charge in [0.1, 0.15) is 30.4 Å². The third kappa shape index (κ3) is 3.44. The van der Waals surface area contributed by atoms with Crippen LogP contribution in [0.25, 0.3) is 10.8 Å². The summed E-state index contributed by atoms with van der Waals surface area (Å²) in [6.07, 6.45) is 0. The highest BCUT2D eigenvalue weighted by Crippen LogP contribution is 2.32. The van der Waals surface area contributed by atoms with E-state index in [1.807, 2.05) is 0 Å². The number of nitrogens with two attached hydrogens (primary N) is 1. The van der Waals surface area contributed by atoms with Crippen molar-refractivity contribution in [3.05, 3.63) is 24.3 Å².